The smallest absolute Gasteiger partial charge is 0.194 e. The largest absolute Gasteiger partial charge is 0.442 e. The average molecular weight is 215 g/mol. The van der Waals surface area contributed by atoms with Crippen LogP contribution in [0, 0.1) is 0 Å². The molecule has 2 aromatic rings. The molecule has 2 aromatic heterocycles. The Labute approximate surface area is 84.2 Å². The molecule has 0 saturated heterocycles. The predicted octanol–water partition coefficient (Wildman–Crippen LogP) is 2.52. The molecule has 2 rings (SSSR count). The fourth-order valence-corrected chi connectivity index (χ4v) is 1.88. The summed E-state index contributed by atoms with van der Waals surface area (Å²) in [6.45, 7) is 0.449. The lowest BCUT2D eigenvalue weighted by Gasteiger charge is -1.87. The van der Waals surface area contributed by atoms with Gasteiger partial charge < -0.3 is 10.2 Å². The van der Waals surface area contributed by atoms with Crippen molar-refractivity contribution in [3.63, 3.8) is 0 Å². The summed E-state index contributed by atoms with van der Waals surface area (Å²) in [5.74, 6) is 0.690. The van der Waals surface area contributed by atoms with Gasteiger partial charge in [0.05, 0.1) is 5.69 Å². The van der Waals surface area contributed by atoms with E-state index in [1.807, 2.05) is 5.38 Å². The maximum atomic E-state index is 5.64. The monoisotopic (exact) mass is 214 g/mol. The Morgan fingerprint density at radius 1 is 1.54 bits per heavy atom. The van der Waals surface area contributed by atoms with Gasteiger partial charge in [-0.15, -0.1) is 11.3 Å². The highest BCUT2D eigenvalue weighted by Crippen LogP contribution is 2.27. The van der Waals surface area contributed by atoms with Crippen LogP contribution in [0.2, 0.25) is 5.22 Å². The first kappa shape index (κ1) is 8.74. The Balaban J connectivity index is 2.35. The topological polar surface area (TPSA) is 52.0 Å². The number of nitrogens with two attached hydrogens (primary N) is 1. The first-order chi connectivity index (χ1) is 6.29. The van der Waals surface area contributed by atoms with Gasteiger partial charge in [-0.1, -0.05) is 0 Å². The zero-order chi connectivity index (χ0) is 9.26. The maximum Gasteiger partial charge on any atom is 0.194 e. The van der Waals surface area contributed by atoms with Crippen LogP contribution in [0.5, 0.6) is 0 Å². The van der Waals surface area contributed by atoms with Crippen LogP contribution in [0.4, 0.5) is 0 Å². The van der Waals surface area contributed by atoms with Crippen molar-refractivity contribution < 1.29 is 4.42 Å². The lowest BCUT2D eigenvalue weighted by Crippen LogP contribution is -1.95. The van der Waals surface area contributed by atoms with Gasteiger partial charge in [-0.05, 0) is 23.7 Å². The van der Waals surface area contributed by atoms with E-state index in [0.29, 0.717) is 17.5 Å². The van der Waals surface area contributed by atoms with E-state index in [1.165, 1.54) is 11.3 Å². The van der Waals surface area contributed by atoms with E-state index in [0.717, 1.165) is 10.7 Å². The van der Waals surface area contributed by atoms with Crippen molar-refractivity contribution in [3.8, 4) is 10.8 Å². The molecule has 0 atom stereocenters. The van der Waals surface area contributed by atoms with E-state index in [-0.39, 0.29) is 0 Å². The van der Waals surface area contributed by atoms with Crippen LogP contribution in [-0.2, 0) is 6.54 Å². The van der Waals surface area contributed by atoms with E-state index < -0.39 is 0 Å². The summed E-state index contributed by atoms with van der Waals surface area (Å²) in [5, 5.41) is 3.10. The van der Waals surface area contributed by atoms with Gasteiger partial charge in [0.25, 0.3) is 0 Å². The summed E-state index contributed by atoms with van der Waals surface area (Å²) < 4.78 is 5.20. The molecule has 3 nitrogen and oxygen atoms in total. The number of rotatable bonds is 2. The van der Waals surface area contributed by atoms with Gasteiger partial charge in [0.1, 0.15) is 0 Å². The van der Waals surface area contributed by atoms with Gasteiger partial charge in [0.2, 0.25) is 0 Å². The van der Waals surface area contributed by atoms with Crippen LogP contribution < -0.4 is 5.73 Å². The molecule has 0 unspecified atom stereocenters. The molecule has 68 valence electrons. The van der Waals surface area contributed by atoms with Crippen molar-refractivity contribution in [3.05, 3.63) is 28.4 Å². The molecule has 0 amide bonds. The molecular formula is C8H7ClN2OS. The first-order valence-electron chi connectivity index (χ1n) is 3.70. The van der Waals surface area contributed by atoms with E-state index in [9.17, 15) is 0 Å². The Morgan fingerprint density at radius 2 is 2.38 bits per heavy atom. The summed E-state index contributed by atoms with van der Waals surface area (Å²) in [7, 11) is 0. The van der Waals surface area contributed by atoms with Gasteiger partial charge >= 0.3 is 0 Å². The van der Waals surface area contributed by atoms with E-state index in [4.69, 9.17) is 21.8 Å². The lowest BCUT2D eigenvalue weighted by molar-refractivity contribution is 0.583. The SMILES string of the molecule is NCc1csc(-c2ccc(Cl)o2)n1. The summed E-state index contributed by atoms with van der Waals surface area (Å²) in [5.41, 5.74) is 6.30. The maximum absolute atomic E-state index is 5.64. The Kier molecular flexibility index (Phi) is 2.35. The van der Waals surface area contributed by atoms with Crippen LogP contribution in [0.3, 0.4) is 0 Å². The molecule has 0 saturated carbocycles. The highest BCUT2D eigenvalue weighted by atomic mass is 35.5. The second-order valence-corrected chi connectivity index (χ2v) is 3.68. The molecule has 0 aliphatic heterocycles. The fourth-order valence-electron chi connectivity index (χ4n) is 0.943. The number of halogens is 1. The fraction of sp³-hybridized carbons (Fsp3) is 0.125. The van der Waals surface area contributed by atoms with Crippen molar-refractivity contribution in [2.75, 3.05) is 0 Å². The molecule has 2 heterocycles. The zero-order valence-corrected chi connectivity index (χ0v) is 8.23. The first-order valence-corrected chi connectivity index (χ1v) is 4.95. The lowest BCUT2D eigenvalue weighted by atomic mass is 10.4. The van der Waals surface area contributed by atoms with Crippen molar-refractivity contribution >= 4 is 22.9 Å². The number of nitrogens with zero attached hydrogens (tertiary/aromatic N) is 1. The van der Waals surface area contributed by atoms with Crippen LogP contribution >= 0.6 is 22.9 Å². The van der Waals surface area contributed by atoms with Gasteiger partial charge in [0, 0.05) is 11.9 Å². The Morgan fingerprint density at radius 3 is 2.92 bits per heavy atom. The molecule has 13 heavy (non-hydrogen) atoms. The molecule has 2 N–H and O–H groups in total. The van der Waals surface area contributed by atoms with Crippen LogP contribution in [0.25, 0.3) is 10.8 Å². The van der Waals surface area contributed by atoms with E-state index in [1.54, 1.807) is 12.1 Å². The Hall–Kier alpha value is -0.840. The summed E-state index contributed by atoms with van der Waals surface area (Å²) in [6, 6.07) is 3.49. The quantitative estimate of drug-likeness (QED) is 0.836. The summed E-state index contributed by atoms with van der Waals surface area (Å²) in [4.78, 5) is 4.25. The number of hydrogen-bond donors (Lipinski definition) is 1. The molecule has 0 fully saturated rings. The number of furan rings is 1. The predicted molar refractivity (Wildman–Crippen MR) is 52.7 cm³/mol. The van der Waals surface area contributed by atoms with E-state index >= 15 is 0 Å². The van der Waals surface area contributed by atoms with Crippen molar-refractivity contribution in [2.24, 2.45) is 5.73 Å². The highest BCUT2D eigenvalue weighted by Gasteiger charge is 2.07. The van der Waals surface area contributed by atoms with Crippen molar-refractivity contribution in [1.29, 1.82) is 0 Å². The zero-order valence-electron chi connectivity index (χ0n) is 6.66. The minimum absolute atomic E-state index is 0.375. The van der Waals surface area contributed by atoms with Crippen molar-refractivity contribution in [2.45, 2.75) is 6.54 Å². The third-order valence-electron chi connectivity index (χ3n) is 1.54. The molecule has 0 radical (unpaired) electrons. The molecule has 0 aliphatic carbocycles. The third-order valence-corrected chi connectivity index (χ3v) is 2.65. The van der Waals surface area contributed by atoms with Gasteiger partial charge in [0.15, 0.2) is 16.0 Å². The highest BCUT2D eigenvalue weighted by molar-refractivity contribution is 7.13. The molecule has 0 spiro atoms. The minimum atomic E-state index is 0.375. The second-order valence-electron chi connectivity index (χ2n) is 2.45. The molecule has 0 aromatic carbocycles. The Bertz CT molecular complexity index is 410. The van der Waals surface area contributed by atoms with Crippen molar-refractivity contribution in [1.82, 2.24) is 4.98 Å². The standard InChI is InChI=1S/C8H7ClN2OS/c9-7-2-1-6(12-7)8-11-5(3-10)4-13-8/h1-2,4H,3,10H2. The summed E-state index contributed by atoms with van der Waals surface area (Å²) >= 11 is 7.13. The molecule has 0 aliphatic rings. The minimum Gasteiger partial charge on any atom is -0.442 e. The molecular weight excluding hydrogens is 208 g/mol. The molecule has 0 bridgehead atoms. The normalized spacial score (nSPS) is 10.6. The van der Waals surface area contributed by atoms with E-state index in [2.05, 4.69) is 4.98 Å². The third kappa shape index (κ3) is 1.75. The molecule has 5 heteroatoms. The van der Waals surface area contributed by atoms with Gasteiger partial charge in [-0.2, -0.15) is 0 Å². The van der Waals surface area contributed by atoms with Crippen LogP contribution in [-0.4, -0.2) is 4.98 Å². The number of hydrogen-bond acceptors (Lipinski definition) is 4. The van der Waals surface area contributed by atoms with Crippen LogP contribution in [0.1, 0.15) is 5.69 Å². The van der Waals surface area contributed by atoms with Crippen LogP contribution in [0.15, 0.2) is 21.9 Å². The number of aromatic nitrogens is 1. The second kappa shape index (κ2) is 3.49. The van der Waals surface area contributed by atoms with Gasteiger partial charge in [-0.25, -0.2) is 4.98 Å². The summed E-state index contributed by atoms with van der Waals surface area (Å²) in [6.07, 6.45) is 0. The number of thiazole rings is 1. The average Bonchev–Trinajstić information content (AvgIpc) is 2.71. The van der Waals surface area contributed by atoms with Gasteiger partial charge in [-0.3, -0.25) is 0 Å².